The number of likely N-dealkylation sites (tertiary alicyclic amines) is 1. The Morgan fingerprint density at radius 3 is 2.59 bits per heavy atom. The second-order valence-electron chi connectivity index (χ2n) is 4.16. The number of carbonyl (C=O) groups is 1. The van der Waals surface area contributed by atoms with Crippen LogP contribution in [0, 0.1) is 0 Å². The van der Waals surface area contributed by atoms with Crippen LogP contribution in [0.25, 0.3) is 0 Å². The number of amides is 1. The molecule has 2 N–H and O–H groups in total. The minimum atomic E-state index is 0. The summed E-state index contributed by atoms with van der Waals surface area (Å²) in [5.41, 5.74) is 6.53. The molecule has 1 fully saturated rings. The average molecular weight is 275 g/mol. The normalized spacial score (nSPS) is 19.6. The van der Waals surface area contributed by atoms with Gasteiger partial charge in [-0.1, -0.05) is 11.6 Å². The predicted molar refractivity (Wildman–Crippen MR) is 71.8 cm³/mol. The number of hydrogen-bond acceptors (Lipinski definition) is 2. The molecule has 0 aliphatic carbocycles. The third-order valence-electron chi connectivity index (χ3n) is 2.84. The Hall–Kier alpha value is -0.770. The molecule has 1 amide bonds. The first-order chi connectivity index (χ1) is 7.66. The van der Waals surface area contributed by atoms with Crippen LogP contribution in [0.2, 0.25) is 5.02 Å². The monoisotopic (exact) mass is 274 g/mol. The molecule has 2 rings (SSSR count). The molecular weight excluding hydrogens is 259 g/mol. The summed E-state index contributed by atoms with van der Waals surface area (Å²) in [4.78, 5) is 13.9. The molecule has 5 heteroatoms. The van der Waals surface area contributed by atoms with E-state index in [2.05, 4.69) is 0 Å². The summed E-state index contributed by atoms with van der Waals surface area (Å²) in [5, 5.41) is 0.645. The van der Waals surface area contributed by atoms with Crippen molar-refractivity contribution in [2.24, 2.45) is 5.73 Å². The fourth-order valence-electron chi connectivity index (χ4n) is 1.97. The fourth-order valence-corrected chi connectivity index (χ4v) is 2.10. The Bertz CT molecular complexity index is 381. The van der Waals surface area contributed by atoms with Crippen molar-refractivity contribution in [3.05, 3.63) is 34.9 Å². The van der Waals surface area contributed by atoms with Crippen molar-refractivity contribution in [3.63, 3.8) is 0 Å². The van der Waals surface area contributed by atoms with Gasteiger partial charge in [-0.15, -0.1) is 12.4 Å². The maximum absolute atomic E-state index is 12.1. The van der Waals surface area contributed by atoms with Crippen LogP contribution >= 0.6 is 24.0 Å². The minimum Gasteiger partial charge on any atom is -0.337 e. The van der Waals surface area contributed by atoms with E-state index in [0.717, 1.165) is 19.4 Å². The number of halogens is 2. The number of benzene rings is 1. The third-order valence-corrected chi connectivity index (χ3v) is 3.09. The van der Waals surface area contributed by atoms with Gasteiger partial charge in [-0.3, -0.25) is 4.79 Å². The van der Waals surface area contributed by atoms with Crippen molar-refractivity contribution in [2.75, 3.05) is 13.1 Å². The highest BCUT2D eigenvalue weighted by Gasteiger charge is 2.21. The topological polar surface area (TPSA) is 46.3 Å². The van der Waals surface area contributed by atoms with E-state index >= 15 is 0 Å². The van der Waals surface area contributed by atoms with Crippen LogP contribution in [-0.4, -0.2) is 29.9 Å². The Balaban J connectivity index is 0.00000144. The third kappa shape index (κ3) is 3.60. The fraction of sp³-hybridized carbons (Fsp3) is 0.417. The van der Waals surface area contributed by atoms with Gasteiger partial charge in [-0.05, 0) is 37.1 Å². The first-order valence-corrected chi connectivity index (χ1v) is 5.85. The zero-order valence-corrected chi connectivity index (χ0v) is 11.0. The number of carbonyl (C=O) groups excluding carboxylic acids is 1. The molecule has 1 aliphatic rings. The van der Waals surface area contributed by atoms with E-state index in [1.165, 1.54) is 0 Å². The largest absolute Gasteiger partial charge is 0.337 e. The van der Waals surface area contributed by atoms with Gasteiger partial charge in [0.25, 0.3) is 5.91 Å². The molecule has 94 valence electrons. The Morgan fingerprint density at radius 1 is 1.35 bits per heavy atom. The highest BCUT2D eigenvalue weighted by molar-refractivity contribution is 6.30. The quantitative estimate of drug-likeness (QED) is 0.855. The van der Waals surface area contributed by atoms with Crippen molar-refractivity contribution < 1.29 is 4.79 Å². The SMILES string of the molecule is Cl.N[C@@H]1CCCN(C(=O)c2ccc(Cl)cc2)C1. The number of rotatable bonds is 1. The smallest absolute Gasteiger partial charge is 0.253 e. The van der Waals surface area contributed by atoms with Crippen LogP contribution in [0.3, 0.4) is 0 Å². The molecule has 1 saturated heterocycles. The number of piperidine rings is 1. The minimum absolute atomic E-state index is 0. The van der Waals surface area contributed by atoms with Gasteiger partial charge in [0.05, 0.1) is 0 Å². The molecule has 0 radical (unpaired) electrons. The molecule has 0 saturated carbocycles. The van der Waals surface area contributed by atoms with E-state index in [1.54, 1.807) is 24.3 Å². The van der Waals surface area contributed by atoms with Gasteiger partial charge in [0.1, 0.15) is 0 Å². The standard InChI is InChI=1S/C12H15ClN2O.ClH/c13-10-5-3-9(4-6-10)12(16)15-7-1-2-11(14)8-15;/h3-6,11H,1-2,7-8,14H2;1H/t11-;/m1./s1. The van der Waals surface area contributed by atoms with Crippen molar-refractivity contribution >= 4 is 29.9 Å². The summed E-state index contributed by atoms with van der Waals surface area (Å²) < 4.78 is 0. The van der Waals surface area contributed by atoms with Crippen molar-refractivity contribution in [3.8, 4) is 0 Å². The molecule has 0 aromatic heterocycles. The van der Waals surface area contributed by atoms with E-state index in [1.807, 2.05) is 4.90 Å². The summed E-state index contributed by atoms with van der Waals surface area (Å²) in [7, 11) is 0. The summed E-state index contributed by atoms with van der Waals surface area (Å²) in [6, 6.07) is 7.09. The first kappa shape index (κ1) is 14.3. The second kappa shape index (κ2) is 6.24. The molecule has 0 bridgehead atoms. The lowest BCUT2D eigenvalue weighted by Gasteiger charge is -2.30. The molecule has 1 aromatic rings. The summed E-state index contributed by atoms with van der Waals surface area (Å²) in [6.07, 6.45) is 1.99. The molecule has 0 spiro atoms. The zero-order valence-electron chi connectivity index (χ0n) is 9.43. The average Bonchev–Trinajstić information content (AvgIpc) is 2.29. The number of hydrogen-bond donors (Lipinski definition) is 1. The van der Waals surface area contributed by atoms with E-state index in [9.17, 15) is 4.79 Å². The lowest BCUT2D eigenvalue weighted by Crippen LogP contribution is -2.45. The van der Waals surface area contributed by atoms with Gasteiger partial charge < -0.3 is 10.6 Å². The van der Waals surface area contributed by atoms with E-state index in [0.29, 0.717) is 17.1 Å². The first-order valence-electron chi connectivity index (χ1n) is 5.47. The van der Waals surface area contributed by atoms with Gasteiger partial charge in [-0.2, -0.15) is 0 Å². The maximum atomic E-state index is 12.1. The second-order valence-corrected chi connectivity index (χ2v) is 4.60. The number of nitrogens with two attached hydrogens (primary N) is 1. The summed E-state index contributed by atoms with van der Waals surface area (Å²) >= 11 is 5.78. The predicted octanol–water partition coefficient (Wildman–Crippen LogP) is 2.33. The molecular formula is C12H16Cl2N2O. The van der Waals surface area contributed by atoms with Crippen LogP contribution in [0.1, 0.15) is 23.2 Å². The molecule has 1 heterocycles. The Labute approximate surface area is 112 Å². The van der Waals surface area contributed by atoms with Crippen molar-refractivity contribution in [2.45, 2.75) is 18.9 Å². The van der Waals surface area contributed by atoms with Gasteiger partial charge in [0, 0.05) is 29.7 Å². The van der Waals surface area contributed by atoms with Gasteiger partial charge in [-0.25, -0.2) is 0 Å². The van der Waals surface area contributed by atoms with Crippen molar-refractivity contribution in [1.82, 2.24) is 4.90 Å². The maximum Gasteiger partial charge on any atom is 0.253 e. The van der Waals surface area contributed by atoms with Gasteiger partial charge in [0.15, 0.2) is 0 Å². The van der Waals surface area contributed by atoms with Crippen LogP contribution in [0.5, 0.6) is 0 Å². The summed E-state index contributed by atoms with van der Waals surface area (Å²) in [6.45, 7) is 1.45. The van der Waals surface area contributed by atoms with Gasteiger partial charge in [0.2, 0.25) is 0 Å². The van der Waals surface area contributed by atoms with Crippen LogP contribution in [0.15, 0.2) is 24.3 Å². The Morgan fingerprint density at radius 2 is 2.00 bits per heavy atom. The van der Waals surface area contributed by atoms with Crippen LogP contribution < -0.4 is 5.73 Å². The highest BCUT2D eigenvalue weighted by atomic mass is 35.5. The van der Waals surface area contributed by atoms with Crippen LogP contribution in [-0.2, 0) is 0 Å². The van der Waals surface area contributed by atoms with E-state index in [-0.39, 0.29) is 24.4 Å². The molecule has 1 aromatic carbocycles. The lowest BCUT2D eigenvalue weighted by atomic mass is 10.1. The van der Waals surface area contributed by atoms with Crippen LogP contribution in [0.4, 0.5) is 0 Å². The lowest BCUT2D eigenvalue weighted by molar-refractivity contribution is 0.0709. The van der Waals surface area contributed by atoms with Gasteiger partial charge >= 0.3 is 0 Å². The van der Waals surface area contributed by atoms with Crippen molar-refractivity contribution in [1.29, 1.82) is 0 Å². The molecule has 3 nitrogen and oxygen atoms in total. The molecule has 0 unspecified atom stereocenters. The Kier molecular flexibility index (Phi) is 5.25. The number of nitrogens with zero attached hydrogens (tertiary/aromatic N) is 1. The van der Waals surface area contributed by atoms with E-state index < -0.39 is 0 Å². The van der Waals surface area contributed by atoms with E-state index in [4.69, 9.17) is 17.3 Å². The zero-order chi connectivity index (χ0) is 11.5. The molecule has 17 heavy (non-hydrogen) atoms. The molecule has 1 aliphatic heterocycles. The molecule has 1 atom stereocenters. The summed E-state index contributed by atoms with van der Waals surface area (Å²) in [5.74, 6) is 0.0480. The highest BCUT2D eigenvalue weighted by Crippen LogP contribution is 2.15.